The van der Waals surface area contributed by atoms with Gasteiger partial charge in [-0.25, -0.2) is 8.42 Å². The fourth-order valence-electron chi connectivity index (χ4n) is 3.64. The van der Waals surface area contributed by atoms with Crippen molar-refractivity contribution in [3.05, 3.63) is 0 Å². The minimum Gasteiger partial charge on any atom is -0.378 e. The van der Waals surface area contributed by atoms with Gasteiger partial charge in [-0.3, -0.25) is 0 Å². The summed E-state index contributed by atoms with van der Waals surface area (Å²) in [4.78, 5) is 0. The highest BCUT2D eigenvalue weighted by Crippen LogP contribution is 2.30. The maximum atomic E-state index is 11.7. The monoisotopic (exact) mass is 317 g/mol. The summed E-state index contributed by atoms with van der Waals surface area (Å²) in [5.74, 6) is 1.68. The molecule has 2 aliphatic heterocycles. The van der Waals surface area contributed by atoms with Crippen LogP contribution >= 0.6 is 0 Å². The van der Waals surface area contributed by atoms with E-state index in [0.29, 0.717) is 29.4 Å². The Morgan fingerprint density at radius 1 is 1.33 bits per heavy atom. The quantitative estimate of drug-likeness (QED) is 0.663. The Balaban J connectivity index is 1.77. The molecule has 3 unspecified atom stereocenters. The molecule has 2 saturated heterocycles. The normalized spacial score (nSPS) is 29.8. The second-order valence-electron chi connectivity index (χ2n) is 6.69. The summed E-state index contributed by atoms with van der Waals surface area (Å²) in [7, 11) is -2.76. The van der Waals surface area contributed by atoms with Crippen molar-refractivity contribution in [2.45, 2.75) is 58.0 Å². The Bertz CT molecular complexity index is 390. The van der Waals surface area contributed by atoms with E-state index < -0.39 is 9.84 Å². The molecule has 1 N–H and O–H groups in total. The number of nitrogens with one attached hydrogen (secondary N) is 1. The number of hydrogen-bond acceptors (Lipinski definition) is 4. The van der Waals surface area contributed by atoms with Gasteiger partial charge in [0.05, 0.1) is 17.6 Å². The zero-order chi connectivity index (χ0) is 15.1. The van der Waals surface area contributed by atoms with Crippen LogP contribution in [0.4, 0.5) is 0 Å². The molecule has 21 heavy (non-hydrogen) atoms. The van der Waals surface area contributed by atoms with E-state index in [1.807, 2.05) is 0 Å². The van der Waals surface area contributed by atoms with E-state index in [4.69, 9.17) is 4.74 Å². The highest BCUT2D eigenvalue weighted by molar-refractivity contribution is 7.91. The Kier molecular flexibility index (Phi) is 6.96. The van der Waals surface area contributed by atoms with Crippen LogP contribution in [0.5, 0.6) is 0 Å². The van der Waals surface area contributed by atoms with Crippen molar-refractivity contribution in [2.75, 3.05) is 31.2 Å². The van der Waals surface area contributed by atoms with Gasteiger partial charge in [-0.1, -0.05) is 13.3 Å². The molecule has 0 radical (unpaired) electrons. The van der Waals surface area contributed by atoms with Crippen LogP contribution < -0.4 is 5.32 Å². The molecule has 3 atom stereocenters. The van der Waals surface area contributed by atoms with E-state index >= 15 is 0 Å². The lowest BCUT2D eigenvalue weighted by Crippen LogP contribution is -2.29. The molecular formula is C16H31NO3S. The lowest BCUT2D eigenvalue weighted by Gasteiger charge is -2.23. The molecule has 0 aliphatic carbocycles. The standard InChI is InChI=1S/C16H31NO3S/c1-2-9-17-12-14(15-8-11-21(18,19)13-15)5-3-6-16-7-4-10-20-16/h14-17H,2-13H2,1H3. The molecule has 0 aromatic heterocycles. The molecule has 0 bridgehead atoms. The van der Waals surface area contributed by atoms with Gasteiger partial charge in [-0.2, -0.15) is 0 Å². The van der Waals surface area contributed by atoms with Crippen molar-refractivity contribution in [2.24, 2.45) is 11.8 Å². The number of ether oxygens (including phenoxy) is 1. The molecule has 4 nitrogen and oxygen atoms in total. The van der Waals surface area contributed by atoms with Crippen LogP contribution in [0.25, 0.3) is 0 Å². The molecule has 0 saturated carbocycles. The Labute approximate surface area is 129 Å². The summed E-state index contributed by atoms with van der Waals surface area (Å²) >= 11 is 0. The largest absolute Gasteiger partial charge is 0.378 e. The summed E-state index contributed by atoms with van der Waals surface area (Å²) in [6, 6.07) is 0. The van der Waals surface area contributed by atoms with Gasteiger partial charge in [0.1, 0.15) is 0 Å². The minimum absolute atomic E-state index is 0.365. The third-order valence-electron chi connectivity index (χ3n) is 4.89. The van der Waals surface area contributed by atoms with Gasteiger partial charge in [0.25, 0.3) is 0 Å². The molecule has 5 heteroatoms. The molecule has 124 valence electrons. The Hall–Kier alpha value is -0.130. The van der Waals surface area contributed by atoms with Crippen molar-refractivity contribution in [3.8, 4) is 0 Å². The molecular weight excluding hydrogens is 286 g/mol. The number of rotatable bonds is 9. The van der Waals surface area contributed by atoms with E-state index in [0.717, 1.165) is 45.4 Å². The van der Waals surface area contributed by atoms with Crippen molar-refractivity contribution in [1.29, 1.82) is 0 Å². The van der Waals surface area contributed by atoms with Crippen LogP contribution in [0.3, 0.4) is 0 Å². The topological polar surface area (TPSA) is 55.4 Å². The van der Waals surface area contributed by atoms with E-state index in [9.17, 15) is 8.42 Å². The SMILES string of the molecule is CCCNCC(CCCC1CCCO1)C1CCS(=O)(=O)C1. The van der Waals surface area contributed by atoms with Crippen LogP contribution in [-0.4, -0.2) is 45.7 Å². The summed E-state index contributed by atoms with van der Waals surface area (Å²) in [6.45, 7) is 5.09. The van der Waals surface area contributed by atoms with Gasteiger partial charge in [0.2, 0.25) is 0 Å². The van der Waals surface area contributed by atoms with Gasteiger partial charge in [0, 0.05) is 6.61 Å². The first-order valence-electron chi connectivity index (χ1n) is 8.63. The second-order valence-corrected chi connectivity index (χ2v) is 8.92. The lowest BCUT2D eigenvalue weighted by atomic mass is 9.87. The summed E-state index contributed by atoms with van der Waals surface area (Å²) in [6.07, 6.45) is 8.30. The first-order valence-corrected chi connectivity index (χ1v) is 10.5. The van der Waals surface area contributed by atoms with E-state index in [-0.39, 0.29) is 0 Å². The molecule has 0 amide bonds. The predicted molar refractivity (Wildman–Crippen MR) is 86.2 cm³/mol. The maximum absolute atomic E-state index is 11.7. The van der Waals surface area contributed by atoms with Crippen LogP contribution in [0.15, 0.2) is 0 Å². The average molecular weight is 317 g/mol. The first-order chi connectivity index (χ1) is 10.1. The number of hydrogen-bond donors (Lipinski definition) is 1. The summed E-state index contributed by atoms with van der Waals surface area (Å²) < 4.78 is 29.1. The summed E-state index contributed by atoms with van der Waals surface area (Å²) in [5.41, 5.74) is 0. The smallest absolute Gasteiger partial charge is 0.150 e. The fraction of sp³-hybridized carbons (Fsp3) is 1.00. The molecule has 2 rings (SSSR count). The molecule has 0 aromatic rings. The predicted octanol–water partition coefficient (Wildman–Crippen LogP) is 2.39. The lowest BCUT2D eigenvalue weighted by molar-refractivity contribution is 0.0997. The molecule has 2 heterocycles. The van der Waals surface area contributed by atoms with Crippen molar-refractivity contribution in [3.63, 3.8) is 0 Å². The highest BCUT2D eigenvalue weighted by atomic mass is 32.2. The Morgan fingerprint density at radius 3 is 2.81 bits per heavy atom. The zero-order valence-electron chi connectivity index (χ0n) is 13.4. The fourth-order valence-corrected chi connectivity index (χ4v) is 5.56. The van der Waals surface area contributed by atoms with Gasteiger partial charge in [-0.15, -0.1) is 0 Å². The number of sulfone groups is 1. The van der Waals surface area contributed by atoms with Crippen molar-refractivity contribution < 1.29 is 13.2 Å². The van der Waals surface area contributed by atoms with Crippen molar-refractivity contribution >= 4 is 9.84 Å². The highest BCUT2D eigenvalue weighted by Gasteiger charge is 2.33. The van der Waals surface area contributed by atoms with Gasteiger partial charge in [0.15, 0.2) is 9.84 Å². The maximum Gasteiger partial charge on any atom is 0.150 e. The first kappa shape index (κ1) is 17.2. The average Bonchev–Trinajstić information content (AvgIpc) is 3.06. The Morgan fingerprint density at radius 2 is 2.19 bits per heavy atom. The van der Waals surface area contributed by atoms with Gasteiger partial charge >= 0.3 is 0 Å². The third-order valence-corrected chi connectivity index (χ3v) is 6.69. The van der Waals surface area contributed by atoms with E-state index in [2.05, 4.69) is 12.2 Å². The van der Waals surface area contributed by atoms with Crippen molar-refractivity contribution in [1.82, 2.24) is 5.32 Å². The van der Waals surface area contributed by atoms with Crippen LogP contribution in [-0.2, 0) is 14.6 Å². The summed E-state index contributed by atoms with van der Waals surface area (Å²) in [5, 5.41) is 3.49. The molecule has 0 spiro atoms. The molecule has 0 aromatic carbocycles. The van der Waals surface area contributed by atoms with Gasteiger partial charge in [-0.05, 0) is 63.5 Å². The van der Waals surface area contributed by atoms with Crippen LogP contribution in [0.1, 0.15) is 51.9 Å². The van der Waals surface area contributed by atoms with Gasteiger partial charge < -0.3 is 10.1 Å². The molecule has 2 aliphatic rings. The second kappa shape index (κ2) is 8.49. The molecule has 2 fully saturated rings. The van der Waals surface area contributed by atoms with Crippen LogP contribution in [0.2, 0.25) is 0 Å². The van der Waals surface area contributed by atoms with E-state index in [1.165, 1.54) is 19.3 Å². The third kappa shape index (κ3) is 5.87. The van der Waals surface area contributed by atoms with Crippen LogP contribution in [0, 0.1) is 11.8 Å². The van der Waals surface area contributed by atoms with E-state index in [1.54, 1.807) is 0 Å². The minimum atomic E-state index is -2.76. The zero-order valence-corrected chi connectivity index (χ0v) is 14.2.